The molecule has 31 heavy (non-hydrogen) atoms. The standard InChI is InChI=1S/C24H26N4O3/c29-21-20(23(30)25-15-17-8-3-1-4-9-17)26-22(27-24(21)31)19-11-7-10-18(14-19)16-28-12-5-2-6-13-28/h1,3-4,7-11,14,29H,2,5-6,12-13,15-16H2,(H,25,30)(H,26,27,31). The van der Waals surface area contributed by atoms with Gasteiger partial charge in [0.05, 0.1) is 0 Å². The summed E-state index contributed by atoms with van der Waals surface area (Å²) in [5.41, 5.74) is 2.46. The molecule has 3 N–H and O–H groups in total. The van der Waals surface area contributed by atoms with E-state index in [0.717, 1.165) is 30.8 Å². The maximum absolute atomic E-state index is 12.6. The number of rotatable bonds is 6. The second-order valence-corrected chi connectivity index (χ2v) is 7.77. The highest BCUT2D eigenvalue weighted by Crippen LogP contribution is 2.29. The van der Waals surface area contributed by atoms with Crippen LogP contribution in [0.1, 0.15) is 40.9 Å². The minimum Gasteiger partial charge on any atom is -0.501 e. The topological polar surface area (TPSA) is 98.6 Å². The number of nitrogens with zero attached hydrogens (tertiary/aromatic N) is 3. The molecule has 1 aliphatic rings. The van der Waals surface area contributed by atoms with Gasteiger partial charge in [-0.3, -0.25) is 9.69 Å². The number of benzene rings is 2. The fraction of sp³-hybridized carbons (Fsp3) is 0.292. The van der Waals surface area contributed by atoms with Gasteiger partial charge in [-0.05, 0) is 43.1 Å². The molecule has 0 aliphatic carbocycles. The molecule has 1 aromatic heterocycles. The lowest BCUT2D eigenvalue weighted by atomic mass is 10.1. The third kappa shape index (κ3) is 5.19. The van der Waals surface area contributed by atoms with E-state index in [-0.39, 0.29) is 18.1 Å². The van der Waals surface area contributed by atoms with Crippen molar-refractivity contribution in [2.45, 2.75) is 32.4 Å². The first-order valence-electron chi connectivity index (χ1n) is 10.5. The summed E-state index contributed by atoms with van der Waals surface area (Å²) in [5.74, 6) is -1.62. The zero-order valence-electron chi connectivity index (χ0n) is 17.3. The highest BCUT2D eigenvalue weighted by atomic mass is 16.3. The van der Waals surface area contributed by atoms with Crippen molar-refractivity contribution in [1.29, 1.82) is 0 Å². The van der Waals surface area contributed by atoms with E-state index in [9.17, 15) is 15.0 Å². The van der Waals surface area contributed by atoms with Crippen molar-refractivity contribution in [1.82, 2.24) is 20.2 Å². The maximum Gasteiger partial charge on any atom is 0.274 e. The van der Waals surface area contributed by atoms with Crippen LogP contribution in [0.3, 0.4) is 0 Å². The molecule has 0 bridgehead atoms. The van der Waals surface area contributed by atoms with E-state index in [1.807, 2.05) is 54.6 Å². The van der Waals surface area contributed by atoms with E-state index in [0.29, 0.717) is 5.56 Å². The molecule has 1 fully saturated rings. The Morgan fingerprint density at radius 2 is 1.68 bits per heavy atom. The third-order valence-corrected chi connectivity index (χ3v) is 5.42. The summed E-state index contributed by atoms with van der Waals surface area (Å²) < 4.78 is 0. The van der Waals surface area contributed by atoms with Crippen LogP contribution in [0.5, 0.6) is 11.6 Å². The number of aromatic nitrogens is 2. The van der Waals surface area contributed by atoms with Gasteiger partial charge < -0.3 is 15.5 Å². The molecule has 4 rings (SSSR count). The summed E-state index contributed by atoms with van der Waals surface area (Å²) in [6.45, 7) is 3.30. The first kappa shape index (κ1) is 20.8. The largest absolute Gasteiger partial charge is 0.501 e. The first-order valence-corrected chi connectivity index (χ1v) is 10.5. The van der Waals surface area contributed by atoms with E-state index in [4.69, 9.17) is 0 Å². The minimum atomic E-state index is -0.626. The molecule has 7 nitrogen and oxygen atoms in total. The van der Waals surface area contributed by atoms with Crippen LogP contribution in [0.15, 0.2) is 54.6 Å². The van der Waals surface area contributed by atoms with Crippen LogP contribution in [0, 0.1) is 0 Å². The van der Waals surface area contributed by atoms with Crippen molar-refractivity contribution in [3.05, 3.63) is 71.4 Å². The van der Waals surface area contributed by atoms with Crippen LogP contribution < -0.4 is 5.32 Å². The smallest absolute Gasteiger partial charge is 0.274 e. The van der Waals surface area contributed by atoms with Crippen molar-refractivity contribution >= 4 is 5.91 Å². The Balaban J connectivity index is 1.54. The van der Waals surface area contributed by atoms with E-state index >= 15 is 0 Å². The van der Waals surface area contributed by atoms with Crippen LogP contribution in [0.25, 0.3) is 11.4 Å². The number of likely N-dealkylation sites (tertiary alicyclic amines) is 1. The first-order chi connectivity index (χ1) is 15.1. The maximum atomic E-state index is 12.6. The van der Waals surface area contributed by atoms with Crippen molar-refractivity contribution in [3.8, 4) is 23.0 Å². The Hall–Kier alpha value is -3.45. The normalized spacial score (nSPS) is 14.3. The average molecular weight is 418 g/mol. The van der Waals surface area contributed by atoms with Crippen molar-refractivity contribution in [3.63, 3.8) is 0 Å². The number of carbonyl (C=O) groups excluding carboxylic acids is 1. The molecule has 0 unspecified atom stereocenters. The molecule has 1 amide bonds. The zero-order chi connectivity index (χ0) is 21.6. The Kier molecular flexibility index (Phi) is 6.43. The Bertz CT molecular complexity index is 1050. The molecule has 2 aromatic carbocycles. The summed E-state index contributed by atoms with van der Waals surface area (Å²) >= 11 is 0. The molecule has 3 aromatic rings. The monoisotopic (exact) mass is 418 g/mol. The lowest BCUT2D eigenvalue weighted by Crippen LogP contribution is -2.29. The van der Waals surface area contributed by atoms with Gasteiger partial charge in [0, 0.05) is 18.7 Å². The van der Waals surface area contributed by atoms with Crippen LogP contribution in [0.4, 0.5) is 0 Å². The molecule has 0 atom stereocenters. The van der Waals surface area contributed by atoms with Crippen LogP contribution in [0.2, 0.25) is 0 Å². The molecular formula is C24H26N4O3. The molecule has 0 spiro atoms. The van der Waals surface area contributed by atoms with Crippen molar-refractivity contribution in [2.24, 2.45) is 0 Å². The van der Waals surface area contributed by atoms with Gasteiger partial charge in [0.1, 0.15) is 0 Å². The van der Waals surface area contributed by atoms with Gasteiger partial charge in [-0.25, -0.2) is 4.98 Å². The molecule has 1 saturated heterocycles. The molecule has 0 radical (unpaired) electrons. The van der Waals surface area contributed by atoms with E-state index in [1.165, 1.54) is 19.3 Å². The summed E-state index contributed by atoms with van der Waals surface area (Å²) in [7, 11) is 0. The quantitative estimate of drug-likeness (QED) is 0.567. The summed E-state index contributed by atoms with van der Waals surface area (Å²) in [6.07, 6.45) is 3.72. The third-order valence-electron chi connectivity index (χ3n) is 5.42. The number of hydrogen-bond donors (Lipinski definition) is 3. The fourth-order valence-corrected chi connectivity index (χ4v) is 3.78. The molecular weight excluding hydrogens is 392 g/mol. The lowest BCUT2D eigenvalue weighted by Gasteiger charge is -2.26. The van der Waals surface area contributed by atoms with Gasteiger partial charge in [-0.15, -0.1) is 0 Å². The summed E-state index contributed by atoms with van der Waals surface area (Å²) in [6, 6.07) is 17.2. The summed E-state index contributed by atoms with van der Waals surface area (Å²) in [4.78, 5) is 23.3. The second-order valence-electron chi connectivity index (χ2n) is 7.77. The number of amides is 1. The van der Waals surface area contributed by atoms with Crippen LogP contribution >= 0.6 is 0 Å². The summed E-state index contributed by atoms with van der Waals surface area (Å²) in [5, 5.41) is 23.0. The Morgan fingerprint density at radius 1 is 0.935 bits per heavy atom. The van der Waals surface area contributed by atoms with Crippen molar-refractivity contribution in [2.75, 3.05) is 13.1 Å². The van der Waals surface area contributed by atoms with E-state index in [2.05, 4.69) is 20.2 Å². The van der Waals surface area contributed by atoms with Gasteiger partial charge in [0.25, 0.3) is 11.8 Å². The lowest BCUT2D eigenvalue weighted by molar-refractivity contribution is 0.0942. The average Bonchev–Trinajstić information content (AvgIpc) is 2.81. The number of piperidine rings is 1. The Morgan fingerprint density at radius 3 is 2.45 bits per heavy atom. The molecule has 7 heteroatoms. The predicted octanol–water partition coefficient (Wildman–Crippen LogP) is 3.47. The number of hydrogen-bond acceptors (Lipinski definition) is 6. The number of nitrogens with one attached hydrogen (secondary N) is 1. The SMILES string of the molecule is O=C(NCc1ccccc1)c1nc(-c2cccc(CN3CCCCC3)c2)nc(O)c1O. The Labute approximate surface area is 181 Å². The molecule has 1 aliphatic heterocycles. The predicted molar refractivity (Wildman–Crippen MR) is 118 cm³/mol. The molecule has 0 saturated carbocycles. The second kappa shape index (κ2) is 9.57. The van der Waals surface area contributed by atoms with Crippen molar-refractivity contribution < 1.29 is 15.0 Å². The van der Waals surface area contributed by atoms with Gasteiger partial charge in [-0.2, -0.15) is 4.98 Å². The molecule has 2 heterocycles. The van der Waals surface area contributed by atoms with Gasteiger partial charge in [0.15, 0.2) is 11.5 Å². The van der Waals surface area contributed by atoms with E-state index < -0.39 is 17.5 Å². The fourth-order valence-electron chi connectivity index (χ4n) is 3.78. The number of aromatic hydroxyl groups is 2. The van der Waals surface area contributed by atoms with Gasteiger partial charge in [-0.1, -0.05) is 55.0 Å². The van der Waals surface area contributed by atoms with Crippen LogP contribution in [-0.4, -0.2) is 44.1 Å². The van der Waals surface area contributed by atoms with Crippen LogP contribution in [-0.2, 0) is 13.1 Å². The van der Waals surface area contributed by atoms with Gasteiger partial charge in [0.2, 0.25) is 5.75 Å². The minimum absolute atomic E-state index is 0.195. The highest BCUT2D eigenvalue weighted by Gasteiger charge is 2.20. The number of carbonyl (C=O) groups is 1. The molecule has 160 valence electrons. The highest BCUT2D eigenvalue weighted by molar-refractivity contribution is 5.95. The van der Waals surface area contributed by atoms with Gasteiger partial charge >= 0.3 is 0 Å². The zero-order valence-corrected chi connectivity index (χ0v) is 17.3. The van der Waals surface area contributed by atoms with E-state index in [1.54, 1.807) is 0 Å².